The molecule has 0 saturated carbocycles. The summed E-state index contributed by atoms with van der Waals surface area (Å²) in [5.74, 6) is 0.743. The molecule has 6 nitrogen and oxygen atoms in total. The minimum Gasteiger partial charge on any atom is -0.339 e. The van der Waals surface area contributed by atoms with Gasteiger partial charge in [0, 0.05) is 19.0 Å². The van der Waals surface area contributed by atoms with Gasteiger partial charge >= 0.3 is 0 Å². The molecule has 2 aliphatic rings. The SMILES string of the molecule is CNS(=O)(=O)CC1CCCN1C(=O)CCC1CCNC1. The Balaban J connectivity index is 1.84. The van der Waals surface area contributed by atoms with Gasteiger partial charge < -0.3 is 10.2 Å². The zero-order valence-corrected chi connectivity index (χ0v) is 12.9. The van der Waals surface area contributed by atoms with E-state index in [1.165, 1.54) is 7.05 Å². The van der Waals surface area contributed by atoms with Gasteiger partial charge in [0.05, 0.1) is 5.75 Å². The van der Waals surface area contributed by atoms with E-state index in [9.17, 15) is 13.2 Å². The van der Waals surface area contributed by atoms with E-state index < -0.39 is 10.0 Å². The molecule has 7 heteroatoms. The molecular formula is C13H25N3O3S. The van der Waals surface area contributed by atoms with Crippen LogP contribution in [0.25, 0.3) is 0 Å². The first-order valence-electron chi connectivity index (χ1n) is 7.43. The van der Waals surface area contributed by atoms with Gasteiger partial charge in [0.1, 0.15) is 0 Å². The molecule has 2 saturated heterocycles. The number of hydrogen-bond acceptors (Lipinski definition) is 4. The molecule has 0 radical (unpaired) electrons. The maximum atomic E-state index is 12.3. The van der Waals surface area contributed by atoms with E-state index in [-0.39, 0.29) is 17.7 Å². The van der Waals surface area contributed by atoms with Crippen molar-refractivity contribution in [3.8, 4) is 0 Å². The van der Waals surface area contributed by atoms with Crippen LogP contribution in [0.15, 0.2) is 0 Å². The number of sulfonamides is 1. The van der Waals surface area contributed by atoms with Crippen LogP contribution >= 0.6 is 0 Å². The molecule has 1 amide bonds. The molecule has 2 N–H and O–H groups in total. The molecule has 2 aliphatic heterocycles. The first-order valence-corrected chi connectivity index (χ1v) is 9.08. The monoisotopic (exact) mass is 303 g/mol. The number of nitrogens with one attached hydrogen (secondary N) is 2. The standard InChI is InChI=1S/C13H25N3O3S/c1-14-20(18,19)10-12-3-2-8-16(12)13(17)5-4-11-6-7-15-9-11/h11-12,14-15H,2-10H2,1H3. The highest BCUT2D eigenvalue weighted by molar-refractivity contribution is 7.89. The lowest BCUT2D eigenvalue weighted by Gasteiger charge is -2.25. The fourth-order valence-corrected chi connectivity index (χ4v) is 4.13. The smallest absolute Gasteiger partial charge is 0.222 e. The van der Waals surface area contributed by atoms with E-state index in [1.807, 2.05) is 0 Å². The summed E-state index contributed by atoms with van der Waals surface area (Å²) in [6, 6.07) is -0.151. The third-order valence-corrected chi connectivity index (χ3v) is 5.79. The van der Waals surface area contributed by atoms with Crippen LogP contribution in [0.2, 0.25) is 0 Å². The van der Waals surface area contributed by atoms with Crippen LogP contribution in [0, 0.1) is 5.92 Å². The molecule has 2 heterocycles. The first kappa shape index (κ1) is 15.7. The van der Waals surface area contributed by atoms with Crippen LogP contribution in [0.4, 0.5) is 0 Å². The molecule has 0 aromatic rings. The molecule has 0 bridgehead atoms. The van der Waals surface area contributed by atoms with Gasteiger partial charge in [-0.25, -0.2) is 13.1 Å². The third-order valence-electron chi connectivity index (χ3n) is 4.35. The van der Waals surface area contributed by atoms with Gasteiger partial charge in [-0.2, -0.15) is 0 Å². The van der Waals surface area contributed by atoms with Gasteiger partial charge in [-0.1, -0.05) is 0 Å². The van der Waals surface area contributed by atoms with Gasteiger partial charge in [-0.05, 0) is 51.7 Å². The summed E-state index contributed by atoms with van der Waals surface area (Å²) < 4.78 is 25.6. The topological polar surface area (TPSA) is 78.5 Å². The Morgan fingerprint density at radius 1 is 1.40 bits per heavy atom. The lowest BCUT2D eigenvalue weighted by molar-refractivity contribution is -0.131. The van der Waals surface area contributed by atoms with Crippen molar-refractivity contribution >= 4 is 15.9 Å². The first-order chi connectivity index (χ1) is 9.52. The summed E-state index contributed by atoms with van der Waals surface area (Å²) in [7, 11) is -1.83. The van der Waals surface area contributed by atoms with Crippen LogP contribution in [-0.4, -0.2) is 57.7 Å². The highest BCUT2D eigenvalue weighted by Gasteiger charge is 2.32. The van der Waals surface area contributed by atoms with Gasteiger partial charge in [-0.3, -0.25) is 4.79 Å². The highest BCUT2D eigenvalue weighted by Crippen LogP contribution is 2.22. The fraction of sp³-hybridized carbons (Fsp3) is 0.923. The van der Waals surface area contributed by atoms with E-state index in [0.717, 1.165) is 38.8 Å². The number of carbonyl (C=O) groups excluding carboxylic acids is 1. The van der Waals surface area contributed by atoms with E-state index in [1.54, 1.807) is 4.90 Å². The van der Waals surface area contributed by atoms with Crippen LogP contribution in [0.1, 0.15) is 32.1 Å². The van der Waals surface area contributed by atoms with Gasteiger partial charge in [0.25, 0.3) is 0 Å². The van der Waals surface area contributed by atoms with Crippen molar-refractivity contribution in [2.24, 2.45) is 5.92 Å². The normalized spacial score (nSPS) is 27.1. The zero-order valence-electron chi connectivity index (χ0n) is 12.1. The second-order valence-corrected chi connectivity index (χ2v) is 7.74. The number of hydrogen-bond donors (Lipinski definition) is 2. The summed E-state index contributed by atoms with van der Waals surface area (Å²) in [4.78, 5) is 14.1. The van der Waals surface area contributed by atoms with Crippen molar-refractivity contribution in [2.45, 2.75) is 38.1 Å². The van der Waals surface area contributed by atoms with Crippen molar-refractivity contribution in [2.75, 3.05) is 32.4 Å². The van der Waals surface area contributed by atoms with Crippen molar-refractivity contribution < 1.29 is 13.2 Å². The van der Waals surface area contributed by atoms with Gasteiger partial charge in [0.15, 0.2) is 0 Å². The number of likely N-dealkylation sites (tertiary alicyclic amines) is 1. The molecule has 2 unspecified atom stereocenters. The predicted octanol–water partition coefficient (Wildman–Crippen LogP) is -0.0837. The quantitative estimate of drug-likeness (QED) is 0.719. The molecule has 20 heavy (non-hydrogen) atoms. The Morgan fingerprint density at radius 2 is 2.20 bits per heavy atom. The molecule has 2 atom stereocenters. The summed E-state index contributed by atoms with van der Waals surface area (Å²) >= 11 is 0. The van der Waals surface area contributed by atoms with Crippen molar-refractivity contribution in [1.29, 1.82) is 0 Å². The summed E-state index contributed by atoms with van der Waals surface area (Å²) in [6.07, 6.45) is 4.29. The Labute approximate surface area is 121 Å². The van der Waals surface area contributed by atoms with E-state index in [0.29, 0.717) is 18.9 Å². The fourth-order valence-electron chi connectivity index (χ4n) is 3.11. The van der Waals surface area contributed by atoms with E-state index in [2.05, 4.69) is 10.0 Å². The highest BCUT2D eigenvalue weighted by atomic mass is 32.2. The number of amides is 1. The largest absolute Gasteiger partial charge is 0.339 e. The average molecular weight is 303 g/mol. The molecule has 0 aromatic heterocycles. The molecule has 2 rings (SSSR count). The Morgan fingerprint density at radius 3 is 2.85 bits per heavy atom. The van der Waals surface area contributed by atoms with Crippen LogP contribution in [0.5, 0.6) is 0 Å². The minimum atomic E-state index is -3.25. The van der Waals surface area contributed by atoms with E-state index >= 15 is 0 Å². The zero-order chi connectivity index (χ0) is 14.6. The van der Waals surface area contributed by atoms with Crippen molar-refractivity contribution in [3.05, 3.63) is 0 Å². The summed E-state index contributed by atoms with van der Waals surface area (Å²) in [5, 5.41) is 3.30. The Hall–Kier alpha value is -0.660. The maximum absolute atomic E-state index is 12.3. The van der Waals surface area contributed by atoms with Crippen molar-refractivity contribution in [3.63, 3.8) is 0 Å². The number of rotatable bonds is 6. The predicted molar refractivity (Wildman–Crippen MR) is 77.8 cm³/mol. The third kappa shape index (κ3) is 4.17. The lowest BCUT2D eigenvalue weighted by Crippen LogP contribution is -2.41. The molecule has 116 valence electrons. The second-order valence-electron chi connectivity index (χ2n) is 5.77. The number of carbonyl (C=O) groups is 1. The molecule has 2 fully saturated rings. The maximum Gasteiger partial charge on any atom is 0.222 e. The lowest BCUT2D eigenvalue weighted by atomic mass is 10.0. The molecule has 0 spiro atoms. The van der Waals surface area contributed by atoms with Crippen LogP contribution < -0.4 is 10.0 Å². The van der Waals surface area contributed by atoms with Gasteiger partial charge in [0.2, 0.25) is 15.9 Å². The number of nitrogens with zero attached hydrogens (tertiary/aromatic N) is 1. The van der Waals surface area contributed by atoms with Crippen molar-refractivity contribution in [1.82, 2.24) is 14.9 Å². The molecule has 0 aromatic carbocycles. The summed E-state index contributed by atoms with van der Waals surface area (Å²) in [5.41, 5.74) is 0. The van der Waals surface area contributed by atoms with Crippen LogP contribution in [0.3, 0.4) is 0 Å². The average Bonchev–Trinajstić information content (AvgIpc) is 3.06. The second kappa shape index (κ2) is 6.87. The Kier molecular flexibility index (Phi) is 5.40. The van der Waals surface area contributed by atoms with E-state index in [4.69, 9.17) is 0 Å². The molecular weight excluding hydrogens is 278 g/mol. The van der Waals surface area contributed by atoms with Gasteiger partial charge in [-0.15, -0.1) is 0 Å². The Bertz CT molecular complexity index is 432. The molecule has 0 aliphatic carbocycles. The minimum absolute atomic E-state index is 0.0280. The summed E-state index contributed by atoms with van der Waals surface area (Å²) in [6.45, 7) is 2.75. The van der Waals surface area contributed by atoms with Crippen LogP contribution in [-0.2, 0) is 14.8 Å².